The third-order valence-corrected chi connectivity index (χ3v) is 2.46. The predicted molar refractivity (Wildman–Crippen MR) is 60.8 cm³/mol. The van der Waals surface area contributed by atoms with E-state index in [2.05, 4.69) is 5.32 Å². The van der Waals surface area contributed by atoms with Crippen LogP contribution in [0.2, 0.25) is 0 Å². The van der Waals surface area contributed by atoms with Crippen LogP contribution in [0.15, 0.2) is 18.2 Å². The highest BCUT2D eigenvalue weighted by molar-refractivity contribution is 5.92. The molecule has 0 heterocycles. The molecule has 0 saturated heterocycles. The summed E-state index contributed by atoms with van der Waals surface area (Å²) in [4.78, 5) is 11.5. The molecule has 88 valence electrons. The number of carbonyl (C=O) groups excluding carboxylic acids is 1. The molecule has 2 N–H and O–H groups in total. The molecule has 0 bridgehead atoms. The summed E-state index contributed by atoms with van der Waals surface area (Å²) in [6, 6.07) is 3.51. The van der Waals surface area contributed by atoms with E-state index in [0.29, 0.717) is 12.3 Å². The van der Waals surface area contributed by atoms with E-state index in [9.17, 15) is 14.3 Å². The quantitative estimate of drug-likeness (QED) is 0.774. The first-order valence-electron chi connectivity index (χ1n) is 5.31. The molecule has 1 rings (SSSR count). The van der Waals surface area contributed by atoms with Crippen LogP contribution in [0.5, 0.6) is 5.75 Å². The van der Waals surface area contributed by atoms with E-state index < -0.39 is 5.82 Å². The summed E-state index contributed by atoms with van der Waals surface area (Å²) >= 11 is 0. The highest BCUT2D eigenvalue weighted by atomic mass is 19.1. The second kappa shape index (κ2) is 5.49. The second-order valence-corrected chi connectivity index (χ2v) is 3.93. The fourth-order valence-corrected chi connectivity index (χ4v) is 1.27. The van der Waals surface area contributed by atoms with Gasteiger partial charge in [0.15, 0.2) is 0 Å². The molecule has 0 aliphatic heterocycles. The molecule has 0 aromatic heterocycles. The monoisotopic (exact) mass is 225 g/mol. The molecule has 1 atom stereocenters. The Hall–Kier alpha value is -1.58. The van der Waals surface area contributed by atoms with E-state index >= 15 is 0 Å². The standard InChI is InChI=1S/C12H16FNO2/c1-3-8(2)6-12(16)14-10-5-4-9(13)7-11(10)15/h4-5,7-8,15H,3,6H2,1-2H3,(H,14,16). The van der Waals surface area contributed by atoms with Gasteiger partial charge in [0.05, 0.1) is 5.69 Å². The Kier molecular flexibility index (Phi) is 4.28. The van der Waals surface area contributed by atoms with Crippen molar-refractivity contribution in [2.75, 3.05) is 5.32 Å². The number of rotatable bonds is 4. The van der Waals surface area contributed by atoms with Gasteiger partial charge in [-0.05, 0) is 18.1 Å². The molecule has 1 aromatic carbocycles. The van der Waals surface area contributed by atoms with E-state index in [1.807, 2.05) is 13.8 Å². The van der Waals surface area contributed by atoms with Crippen LogP contribution in [0.4, 0.5) is 10.1 Å². The summed E-state index contributed by atoms with van der Waals surface area (Å²) in [5, 5.41) is 11.9. The average molecular weight is 225 g/mol. The first-order chi connectivity index (χ1) is 7.52. The minimum absolute atomic E-state index is 0.170. The maximum Gasteiger partial charge on any atom is 0.224 e. The Morgan fingerprint density at radius 3 is 2.81 bits per heavy atom. The molecular formula is C12H16FNO2. The summed E-state index contributed by atoms with van der Waals surface area (Å²) in [6.07, 6.45) is 1.32. The van der Waals surface area contributed by atoms with Gasteiger partial charge in [-0.2, -0.15) is 0 Å². The van der Waals surface area contributed by atoms with Gasteiger partial charge in [-0.25, -0.2) is 4.39 Å². The van der Waals surface area contributed by atoms with Crippen molar-refractivity contribution in [1.82, 2.24) is 0 Å². The van der Waals surface area contributed by atoms with Crippen molar-refractivity contribution in [2.45, 2.75) is 26.7 Å². The molecule has 0 aliphatic rings. The van der Waals surface area contributed by atoms with Gasteiger partial charge in [-0.15, -0.1) is 0 Å². The molecular weight excluding hydrogens is 209 g/mol. The molecule has 0 spiro atoms. The Bertz CT molecular complexity index is 379. The smallest absolute Gasteiger partial charge is 0.224 e. The summed E-state index contributed by atoms with van der Waals surface area (Å²) < 4.78 is 12.7. The fourth-order valence-electron chi connectivity index (χ4n) is 1.27. The molecule has 16 heavy (non-hydrogen) atoms. The highest BCUT2D eigenvalue weighted by Crippen LogP contribution is 2.24. The number of anilines is 1. The molecule has 0 fully saturated rings. The van der Waals surface area contributed by atoms with Crippen molar-refractivity contribution in [1.29, 1.82) is 0 Å². The summed E-state index contributed by atoms with van der Waals surface area (Å²) in [6.45, 7) is 3.98. The van der Waals surface area contributed by atoms with Gasteiger partial charge in [-0.1, -0.05) is 20.3 Å². The number of hydrogen-bond acceptors (Lipinski definition) is 2. The minimum Gasteiger partial charge on any atom is -0.506 e. The molecule has 1 aromatic rings. The van der Waals surface area contributed by atoms with E-state index in [4.69, 9.17) is 0 Å². The minimum atomic E-state index is -0.530. The topological polar surface area (TPSA) is 49.3 Å². The third-order valence-electron chi connectivity index (χ3n) is 2.46. The SMILES string of the molecule is CCC(C)CC(=O)Nc1ccc(F)cc1O. The highest BCUT2D eigenvalue weighted by Gasteiger charge is 2.10. The lowest BCUT2D eigenvalue weighted by atomic mass is 10.1. The number of carbonyl (C=O) groups is 1. The molecule has 3 nitrogen and oxygen atoms in total. The first-order valence-corrected chi connectivity index (χ1v) is 5.31. The van der Waals surface area contributed by atoms with Crippen molar-refractivity contribution in [3.8, 4) is 5.75 Å². The molecule has 0 aliphatic carbocycles. The van der Waals surface area contributed by atoms with Crippen molar-refractivity contribution >= 4 is 11.6 Å². The van der Waals surface area contributed by atoms with Gasteiger partial charge in [0.25, 0.3) is 0 Å². The van der Waals surface area contributed by atoms with Gasteiger partial charge in [-0.3, -0.25) is 4.79 Å². The van der Waals surface area contributed by atoms with E-state index in [1.54, 1.807) is 0 Å². The van der Waals surface area contributed by atoms with E-state index in [0.717, 1.165) is 12.5 Å². The molecule has 1 unspecified atom stereocenters. The van der Waals surface area contributed by atoms with E-state index in [-0.39, 0.29) is 17.3 Å². The normalized spacial score (nSPS) is 12.2. The Labute approximate surface area is 94.3 Å². The van der Waals surface area contributed by atoms with Crippen LogP contribution in [-0.4, -0.2) is 11.0 Å². The number of halogens is 1. The summed E-state index contributed by atoms with van der Waals surface area (Å²) in [5.74, 6) is -0.659. The van der Waals surface area contributed by atoms with Gasteiger partial charge in [0.2, 0.25) is 5.91 Å². The lowest BCUT2D eigenvalue weighted by Gasteiger charge is -2.10. The molecule has 1 amide bonds. The summed E-state index contributed by atoms with van der Waals surface area (Å²) in [5.41, 5.74) is 0.245. The van der Waals surface area contributed by atoms with Crippen LogP contribution in [0, 0.1) is 11.7 Å². The largest absolute Gasteiger partial charge is 0.506 e. The average Bonchev–Trinajstić information content (AvgIpc) is 2.22. The van der Waals surface area contributed by atoms with Gasteiger partial charge in [0, 0.05) is 12.5 Å². The molecule has 4 heteroatoms. The van der Waals surface area contributed by atoms with Crippen LogP contribution in [0.3, 0.4) is 0 Å². The van der Waals surface area contributed by atoms with Crippen LogP contribution in [0.1, 0.15) is 26.7 Å². The van der Waals surface area contributed by atoms with Gasteiger partial charge >= 0.3 is 0 Å². The zero-order chi connectivity index (χ0) is 12.1. The molecule has 0 saturated carbocycles. The Morgan fingerprint density at radius 1 is 1.56 bits per heavy atom. The van der Waals surface area contributed by atoms with Crippen LogP contribution in [-0.2, 0) is 4.79 Å². The number of benzene rings is 1. The maximum absolute atomic E-state index is 12.7. The van der Waals surface area contributed by atoms with Gasteiger partial charge < -0.3 is 10.4 Å². The summed E-state index contributed by atoms with van der Waals surface area (Å²) in [7, 11) is 0. The first kappa shape index (κ1) is 12.5. The predicted octanol–water partition coefficient (Wildman–Crippen LogP) is 2.91. The number of nitrogens with one attached hydrogen (secondary N) is 1. The zero-order valence-electron chi connectivity index (χ0n) is 9.46. The maximum atomic E-state index is 12.7. The number of aromatic hydroxyl groups is 1. The van der Waals surface area contributed by atoms with E-state index in [1.165, 1.54) is 12.1 Å². The van der Waals surface area contributed by atoms with Crippen LogP contribution < -0.4 is 5.32 Å². The lowest BCUT2D eigenvalue weighted by molar-refractivity contribution is -0.117. The fraction of sp³-hybridized carbons (Fsp3) is 0.417. The van der Waals surface area contributed by atoms with Crippen molar-refractivity contribution in [3.05, 3.63) is 24.0 Å². The Balaban J connectivity index is 2.63. The molecule has 0 radical (unpaired) electrons. The van der Waals surface area contributed by atoms with Crippen LogP contribution >= 0.6 is 0 Å². The third kappa shape index (κ3) is 3.53. The number of amides is 1. The van der Waals surface area contributed by atoms with Crippen molar-refractivity contribution in [2.24, 2.45) is 5.92 Å². The zero-order valence-corrected chi connectivity index (χ0v) is 9.46. The lowest BCUT2D eigenvalue weighted by Crippen LogP contribution is -2.14. The number of hydrogen-bond donors (Lipinski definition) is 2. The number of phenolic OH excluding ortho intramolecular Hbond substituents is 1. The van der Waals surface area contributed by atoms with Crippen LogP contribution in [0.25, 0.3) is 0 Å². The second-order valence-electron chi connectivity index (χ2n) is 3.93. The Morgan fingerprint density at radius 2 is 2.25 bits per heavy atom. The van der Waals surface area contributed by atoms with Crippen molar-refractivity contribution in [3.63, 3.8) is 0 Å². The van der Waals surface area contributed by atoms with Gasteiger partial charge in [0.1, 0.15) is 11.6 Å². The van der Waals surface area contributed by atoms with Crippen molar-refractivity contribution < 1.29 is 14.3 Å². The number of phenols is 1.